The number of aliphatic hydroxyl groups excluding tert-OH is 1. The first kappa shape index (κ1) is 13.5. The number of likely N-dealkylation sites (N-methyl/N-ethyl adjacent to an activating group) is 1. The van der Waals surface area contributed by atoms with Crippen molar-refractivity contribution in [1.29, 1.82) is 0 Å². The van der Waals surface area contributed by atoms with Gasteiger partial charge >= 0.3 is 0 Å². The highest BCUT2D eigenvalue weighted by Crippen LogP contribution is 2.23. The molecule has 0 atom stereocenters. The zero-order chi connectivity index (χ0) is 12.0. The van der Waals surface area contributed by atoms with Crippen LogP contribution in [-0.4, -0.2) is 36.8 Å². The Morgan fingerprint density at radius 3 is 2.75 bits per heavy atom. The Hall–Kier alpha value is -0.580. The quantitative estimate of drug-likeness (QED) is 0.871. The molecule has 90 valence electrons. The number of ether oxygens (including phenoxy) is 1. The van der Waals surface area contributed by atoms with Gasteiger partial charge in [-0.3, -0.25) is 4.90 Å². The predicted octanol–water partition coefficient (Wildman–Crippen LogP) is 2.27. The minimum atomic E-state index is 0.190. The van der Waals surface area contributed by atoms with Crippen molar-refractivity contribution in [3.05, 3.63) is 28.2 Å². The van der Waals surface area contributed by atoms with Crippen molar-refractivity contribution in [3.63, 3.8) is 0 Å². The van der Waals surface area contributed by atoms with Gasteiger partial charge in [0.2, 0.25) is 0 Å². The Morgan fingerprint density at radius 1 is 1.44 bits per heavy atom. The van der Waals surface area contributed by atoms with Gasteiger partial charge in [0.05, 0.1) is 13.7 Å². The highest BCUT2D eigenvalue weighted by molar-refractivity contribution is 9.10. The fourth-order valence-corrected chi connectivity index (χ4v) is 1.90. The Kier molecular flexibility index (Phi) is 5.80. The maximum Gasteiger partial charge on any atom is 0.119 e. The normalized spacial score (nSPS) is 10.8. The summed E-state index contributed by atoms with van der Waals surface area (Å²) >= 11 is 3.52. The van der Waals surface area contributed by atoms with Gasteiger partial charge in [-0.1, -0.05) is 22.9 Å². The first-order valence-corrected chi connectivity index (χ1v) is 6.16. The van der Waals surface area contributed by atoms with Gasteiger partial charge in [-0.05, 0) is 30.3 Å². The van der Waals surface area contributed by atoms with Crippen molar-refractivity contribution in [3.8, 4) is 5.75 Å². The van der Waals surface area contributed by atoms with E-state index in [2.05, 4.69) is 27.8 Å². The average Bonchev–Trinajstić information content (AvgIpc) is 2.31. The first-order valence-electron chi connectivity index (χ1n) is 5.36. The van der Waals surface area contributed by atoms with E-state index in [1.54, 1.807) is 7.11 Å². The second-order valence-corrected chi connectivity index (χ2v) is 4.40. The Labute approximate surface area is 105 Å². The molecule has 0 saturated heterocycles. The van der Waals surface area contributed by atoms with Crippen LogP contribution >= 0.6 is 15.9 Å². The van der Waals surface area contributed by atoms with E-state index in [0.717, 1.165) is 23.3 Å². The molecule has 1 N–H and O–H groups in total. The van der Waals surface area contributed by atoms with Gasteiger partial charge < -0.3 is 9.84 Å². The van der Waals surface area contributed by atoms with Crippen LogP contribution in [-0.2, 0) is 6.54 Å². The molecule has 0 heterocycles. The number of halogens is 1. The molecule has 0 radical (unpaired) electrons. The number of hydrogen-bond donors (Lipinski definition) is 1. The van der Waals surface area contributed by atoms with E-state index in [4.69, 9.17) is 9.84 Å². The lowest BCUT2D eigenvalue weighted by Crippen LogP contribution is -2.26. The summed E-state index contributed by atoms with van der Waals surface area (Å²) < 4.78 is 6.27. The van der Waals surface area contributed by atoms with Crippen molar-refractivity contribution >= 4 is 15.9 Å². The lowest BCUT2D eigenvalue weighted by atomic mass is 10.2. The lowest BCUT2D eigenvalue weighted by Gasteiger charge is -2.20. The van der Waals surface area contributed by atoms with Crippen LogP contribution in [0, 0.1) is 0 Å². The molecule has 16 heavy (non-hydrogen) atoms. The highest BCUT2D eigenvalue weighted by atomic mass is 79.9. The molecule has 0 saturated carbocycles. The Bertz CT molecular complexity index is 331. The number of methoxy groups -OCH3 is 1. The third-order valence-corrected chi connectivity index (χ3v) is 3.28. The minimum Gasteiger partial charge on any atom is -0.497 e. The van der Waals surface area contributed by atoms with Gasteiger partial charge in [0.25, 0.3) is 0 Å². The van der Waals surface area contributed by atoms with Crippen LogP contribution in [0.25, 0.3) is 0 Å². The number of hydrogen-bond acceptors (Lipinski definition) is 3. The van der Waals surface area contributed by atoms with E-state index in [-0.39, 0.29) is 6.61 Å². The SMILES string of the molecule is CCN(CCO)Cc1cc(OC)ccc1Br. The maximum atomic E-state index is 8.94. The summed E-state index contributed by atoms with van der Waals surface area (Å²) in [6.45, 7) is 4.71. The molecular weight excluding hydrogens is 270 g/mol. The number of nitrogens with zero attached hydrogens (tertiary/aromatic N) is 1. The molecule has 0 unspecified atom stereocenters. The van der Waals surface area contributed by atoms with Gasteiger partial charge in [0, 0.05) is 17.6 Å². The summed E-state index contributed by atoms with van der Waals surface area (Å²) in [5.41, 5.74) is 1.18. The molecule has 1 aromatic carbocycles. The van der Waals surface area contributed by atoms with Crippen molar-refractivity contribution in [2.24, 2.45) is 0 Å². The maximum absolute atomic E-state index is 8.94. The monoisotopic (exact) mass is 287 g/mol. The van der Waals surface area contributed by atoms with E-state index in [0.29, 0.717) is 6.54 Å². The second-order valence-electron chi connectivity index (χ2n) is 3.55. The molecule has 0 amide bonds. The van der Waals surface area contributed by atoms with E-state index >= 15 is 0 Å². The lowest BCUT2D eigenvalue weighted by molar-refractivity contribution is 0.196. The largest absolute Gasteiger partial charge is 0.497 e. The van der Waals surface area contributed by atoms with Crippen LogP contribution in [0.15, 0.2) is 22.7 Å². The highest BCUT2D eigenvalue weighted by Gasteiger charge is 2.07. The summed E-state index contributed by atoms with van der Waals surface area (Å²) in [5, 5.41) is 8.94. The zero-order valence-electron chi connectivity index (χ0n) is 9.74. The minimum absolute atomic E-state index is 0.190. The van der Waals surface area contributed by atoms with Gasteiger partial charge in [-0.2, -0.15) is 0 Å². The zero-order valence-corrected chi connectivity index (χ0v) is 11.3. The number of benzene rings is 1. The molecule has 0 bridgehead atoms. The summed E-state index contributed by atoms with van der Waals surface area (Å²) in [4.78, 5) is 2.18. The third-order valence-electron chi connectivity index (χ3n) is 2.51. The smallest absolute Gasteiger partial charge is 0.119 e. The molecule has 0 spiro atoms. The van der Waals surface area contributed by atoms with Crippen LogP contribution in [0.3, 0.4) is 0 Å². The summed E-state index contributed by atoms with van der Waals surface area (Å²) in [6.07, 6.45) is 0. The Morgan fingerprint density at radius 2 is 2.19 bits per heavy atom. The molecule has 0 aliphatic heterocycles. The predicted molar refractivity (Wildman–Crippen MR) is 68.7 cm³/mol. The Balaban J connectivity index is 2.77. The van der Waals surface area contributed by atoms with E-state index in [9.17, 15) is 0 Å². The first-order chi connectivity index (χ1) is 7.71. The van der Waals surface area contributed by atoms with Crippen molar-refractivity contribution < 1.29 is 9.84 Å². The third kappa shape index (κ3) is 3.77. The van der Waals surface area contributed by atoms with Crippen LogP contribution in [0.4, 0.5) is 0 Å². The molecule has 1 aromatic rings. The van der Waals surface area contributed by atoms with Crippen molar-refractivity contribution in [2.45, 2.75) is 13.5 Å². The van der Waals surface area contributed by atoms with Crippen molar-refractivity contribution in [2.75, 3.05) is 26.8 Å². The molecular formula is C12H18BrNO2. The number of rotatable bonds is 6. The van der Waals surface area contributed by atoms with Gasteiger partial charge in [-0.25, -0.2) is 0 Å². The van der Waals surface area contributed by atoms with E-state index in [1.165, 1.54) is 5.56 Å². The van der Waals surface area contributed by atoms with Crippen LogP contribution in [0.5, 0.6) is 5.75 Å². The molecule has 0 aromatic heterocycles. The number of aliphatic hydroxyl groups is 1. The molecule has 0 aliphatic rings. The fourth-order valence-electron chi connectivity index (χ4n) is 1.53. The molecule has 0 aliphatic carbocycles. The van der Waals surface area contributed by atoms with Gasteiger partial charge in [0.1, 0.15) is 5.75 Å². The molecule has 0 fully saturated rings. The van der Waals surface area contributed by atoms with E-state index < -0.39 is 0 Å². The molecule has 4 heteroatoms. The van der Waals surface area contributed by atoms with Crippen LogP contribution in [0.2, 0.25) is 0 Å². The van der Waals surface area contributed by atoms with Crippen LogP contribution in [0.1, 0.15) is 12.5 Å². The summed E-state index contributed by atoms with van der Waals surface area (Å²) in [5.74, 6) is 0.859. The second kappa shape index (κ2) is 6.89. The standard InChI is InChI=1S/C12H18BrNO2/c1-3-14(6-7-15)9-10-8-11(16-2)4-5-12(10)13/h4-5,8,15H,3,6-7,9H2,1-2H3. The summed E-state index contributed by atoms with van der Waals surface area (Å²) in [6, 6.07) is 5.93. The van der Waals surface area contributed by atoms with Crippen molar-refractivity contribution in [1.82, 2.24) is 4.90 Å². The average molecular weight is 288 g/mol. The van der Waals surface area contributed by atoms with E-state index in [1.807, 2.05) is 18.2 Å². The fraction of sp³-hybridized carbons (Fsp3) is 0.500. The summed E-state index contributed by atoms with van der Waals surface area (Å²) in [7, 11) is 1.67. The molecule has 1 rings (SSSR count). The van der Waals surface area contributed by atoms with Crippen LogP contribution < -0.4 is 4.74 Å². The van der Waals surface area contributed by atoms with Gasteiger partial charge in [0.15, 0.2) is 0 Å². The van der Waals surface area contributed by atoms with Gasteiger partial charge in [-0.15, -0.1) is 0 Å². The topological polar surface area (TPSA) is 32.7 Å². The molecule has 3 nitrogen and oxygen atoms in total.